The van der Waals surface area contributed by atoms with Crippen LogP contribution in [0.5, 0.6) is 5.75 Å². The van der Waals surface area contributed by atoms with E-state index in [1.807, 2.05) is 0 Å². The third kappa shape index (κ3) is 5.70. The second-order valence-corrected chi connectivity index (χ2v) is 7.68. The Balaban J connectivity index is 2.39. The molecule has 1 saturated heterocycles. The van der Waals surface area contributed by atoms with Crippen LogP contribution in [0, 0.1) is 5.82 Å². The molecule has 0 atom stereocenters. The van der Waals surface area contributed by atoms with Crippen molar-refractivity contribution in [2.75, 3.05) is 20.3 Å². The van der Waals surface area contributed by atoms with Gasteiger partial charge in [-0.15, -0.1) is 0 Å². The van der Waals surface area contributed by atoms with Crippen molar-refractivity contribution < 1.29 is 40.7 Å². The van der Waals surface area contributed by atoms with Crippen LogP contribution in [0.25, 0.3) is 5.57 Å². The number of ether oxygens (including phenoxy) is 2. The summed E-state index contributed by atoms with van der Waals surface area (Å²) in [5.41, 5.74) is -2.60. The molecule has 0 spiro atoms. The van der Waals surface area contributed by atoms with E-state index in [-0.39, 0.29) is 23.3 Å². The molecule has 0 unspecified atom stereocenters. The first kappa shape index (κ1) is 23.6. The summed E-state index contributed by atoms with van der Waals surface area (Å²) in [6, 6.07) is 3.48. The number of halogens is 5. The smallest absolute Gasteiger partial charge is 0.496 e. The Hall–Kier alpha value is -1.65. The molecule has 1 heterocycles. The third-order valence-corrected chi connectivity index (χ3v) is 5.00. The molecular weight excluding hydrogens is 398 g/mol. The van der Waals surface area contributed by atoms with Gasteiger partial charge in [-0.05, 0) is 57.9 Å². The van der Waals surface area contributed by atoms with Crippen molar-refractivity contribution in [3.05, 3.63) is 35.3 Å². The predicted octanol–water partition coefficient (Wildman–Crippen LogP) is 5.12. The molecule has 10 heteroatoms. The summed E-state index contributed by atoms with van der Waals surface area (Å²) in [4.78, 5) is 0. The molecule has 0 aliphatic carbocycles. The molecule has 4 nitrogen and oxygen atoms in total. The van der Waals surface area contributed by atoms with E-state index < -0.39 is 49.3 Å². The fourth-order valence-electron chi connectivity index (χ4n) is 2.75. The van der Waals surface area contributed by atoms with E-state index in [9.17, 15) is 17.6 Å². The number of benzene rings is 1. The molecule has 29 heavy (non-hydrogen) atoms. The van der Waals surface area contributed by atoms with Crippen molar-refractivity contribution in [1.29, 1.82) is 0 Å². The maximum absolute atomic E-state index is 15.4. The Kier molecular flexibility index (Phi) is 7.02. The van der Waals surface area contributed by atoms with Crippen LogP contribution < -0.4 is 4.74 Å². The van der Waals surface area contributed by atoms with Gasteiger partial charge in [0.15, 0.2) is 0 Å². The number of methoxy groups -OCH3 is 1. The molecular formula is C19H24BF5O4. The monoisotopic (exact) mass is 422 g/mol. The number of hydrogen-bond acceptors (Lipinski definition) is 4. The second kappa shape index (κ2) is 8.61. The number of alkyl halides is 3. The summed E-state index contributed by atoms with van der Waals surface area (Å²) < 4.78 is 87.4. The Bertz CT molecular complexity index is 745. The third-order valence-electron chi connectivity index (χ3n) is 5.00. The minimum absolute atomic E-state index is 0.0512. The normalized spacial score (nSPS) is 19.3. The number of hydrogen-bond donors (Lipinski definition) is 0. The molecule has 0 saturated carbocycles. The molecule has 1 aliphatic rings. The average molecular weight is 422 g/mol. The zero-order valence-electron chi connectivity index (χ0n) is 17.0. The van der Waals surface area contributed by atoms with E-state index in [2.05, 4.69) is 4.74 Å². The lowest BCUT2D eigenvalue weighted by Crippen LogP contribution is -2.41. The van der Waals surface area contributed by atoms with Crippen LogP contribution in [0.2, 0.25) is 0 Å². The van der Waals surface area contributed by atoms with Gasteiger partial charge >= 0.3 is 13.3 Å². The Morgan fingerprint density at radius 1 is 1.10 bits per heavy atom. The maximum Gasteiger partial charge on any atom is 0.525 e. The second-order valence-electron chi connectivity index (χ2n) is 7.68. The van der Waals surface area contributed by atoms with Crippen LogP contribution >= 0.6 is 0 Å². The van der Waals surface area contributed by atoms with Gasteiger partial charge in [-0.3, -0.25) is 0 Å². The fourth-order valence-corrected chi connectivity index (χ4v) is 2.75. The van der Waals surface area contributed by atoms with Crippen LogP contribution in [0.15, 0.2) is 23.9 Å². The highest BCUT2D eigenvalue weighted by Gasteiger charge is 2.53. The quantitative estimate of drug-likeness (QED) is 0.348. The average Bonchev–Trinajstić information content (AvgIpc) is 2.81. The standard InChI is InChI=1S/C19H24BF5O4/c1-17(2)18(3,4)29-20(28-17)16(22)13(8-9-27-11-19(23,24)25)14-10-12(21)6-7-15(14)26-5/h6-7,10H,8-9,11H2,1-5H3. The van der Waals surface area contributed by atoms with Gasteiger partial charge in [0.05, 0.1) is 24.9 Å². The highest BCUT2D eigenvalue weighted by molar-refractivity contribution is 6.55. The van der Waals surface area contributed by atoms with E-state index in [1.165, 1.54) is 13.2 Å². The van der Waals surface area contributed by atoms with E-state index in [4.69, 9.17) is 14.0 Å². The van der Waals surface area contributed by atoms with Crippen LogP contribution in [0.1, 0.15) is 39.7 Å². The number of rotatable bonds is 7. The fraction of sp³-hybridized carbons (Fsp3) is 0.579. The van der Waals surface area contributed by atoms with E-state index in [0.29, 0.717) is 0 Å². The Morgan fingerprint density at radius 3 is 2.21 bits per heavy atom. The van der Waals surface area contributed by atoms with Crippen molar-refractivity contribution in [3.63, 3.8) is 0 Å². The zero-order valence-corrected chi connectivity index (χ0v) is 17.0. The summed E-state index contributed by atoms with van der Waals surface area (Å²) in [6.07, 6.45) is -4.78. The summed E-state index contributed by atoms with van der Waals surface area (Å²) in [5.74, 6) is -0.500. The molecule has 0 bridgehead atoms. The first-order chi connectivity index (χ1) is 13.3. The van der Waals surface area contributed by atoms with E-state index in [0.717, 1.165) is 12.1 Å². The highest BCUT2D eigenvalue weighted by atomic mass is 19.4. The Labute approximate surface area is 167 Å². The van der Waals surface area contributed by atoms with Gasteiger partial charge in [0, 0.05) is 5.56 Å². The van der Waals surface area contributed by atoms with E-state index >= 15 is 4.39 Å². The molecule has 2 rings (SSSR count). The molecule has 1 aromatic carbocycles. The lowest BCUT2D eigenvalue weighted by atomic mass is 9.81. The van der Waals surface area contributed by atoms with Crippen LogP contribution in [-0.4, -0.2) is 44.8 Å². The molecule has 0 amide bonds. The highest BCUT2D eigenvalue weighted by Crippen LogP contribution is 2.41. The lowest BCUT2D eigenvalue weighted by molar-refractivity contribution is -0.173. The molecule has 0 N–H and O–H groups in total. The largest absolute Gasteiger partial charge is 0.525 e. The van der Waals surface area contributed by atoms with Crippen molar-refractivity contribution in [2.45, 2.75) is 51.5 Å². The summed E-state index contributed by atoms with van der Waals surface area (Å²) in [6.45, 7) is 5.01. The van der Waals surface area contributed by atoms with Crippen LogP contribution in [-0.2, 0) is 14.0 Å². The zero-order chi connectivity index (χ0) is 22.0. The van der Waals surface area contributed by atoms with E-state index in [1.54, 1.807) is 27.7 Å². The van der Waals surface area contributed by atoms with Gasteiger partial charge < -0.3 is 18.8 Å². The SMILES string of the molecule is COc1ccc(F)cc1C(CCOCC(F)(F)F)=C(F)B1OC(C)(C)C(C)(C)O1. The van der Waals surface area contributed by atoms with Gasteiger partial charge in [-0.1, -0.05) is 0 Å². The van der Waals surface area contributed by atoms with Crippen molar-refractivity contribution in [1.82, 2.24) is 0 Å². The van der Waals surface area contributed by atoms with Gasteiger partial charge in [-0.25, -0.2) is 8.78 Å². The van der Waals surface area contributed by atoms with Crippen LogP contribution in [0.3, 0.4) is 0 Å². The van der Waals surface area contributed by atoms with Crippen molar-refractivity contribution >= 4 is 12.7 Å². The minimum Gasteiger partial charge on any atom is -0.496 e. The van der Waals surface area contributed by atoms with Gasteiger partial charge in [0.1, 0.15) is 23.9 Å². The first-order valence-corrected chi connectivity index (χ1v) is 9.00. The first-order valence-electron chi connectivity index (χ1n) is 9.00. The maximum atomic E-state index is 15.4. The predicted molar refractivity (Wildman–Crippen MR) is 98.6 cm³/mol. The lowest BCUT2D eigenvalue weighted by Gasteiger charge is -2.32. The van der Waals surface area contributed by atoms with Gasteiger partial charge in [-0.2, -0.15) is 13.2 Å². The topological polar surface area (TPSA) is 36.9 Å². The van der Waals surface area contributed by atoms with Crippen molar-refractivity contribution in [2.24, 2.45) is 0 Å². The molecule has 162 valence electrons. The molecule has 1 aromatic rings. The Morgan fingerprint density at radius 2 is 1.69 bits per heavy atom. The molecule has 1 fully saturated rings. The van der Waals surface area contributed by atoms with Crippen LogP contribution in [0.4, 0.5) is 22.0 Å². The van der Waals surface area contributed by atoms with Crippen molar-refractivity contribution in [3.8, 4) is 5.75 Å². The van der Waals surface area contributed by atoms with Gasteiger partial charge in [0.25, 0.3) is 0 Å². The molecule has 1 aliphatic heterocycles. The summed E-state index contributed by atoms with van der Waals surface area (Å²) in [5, 5.41) is 0. The summed E-state index contributed by atoms with van der Waals surface area (Å²) in [7, 11) is -0.0770. The summed E-state index contributed by atoms with van der Waals surface area (Å²) >= 11 is 0. The van der Waals surface area contributed by atoms with Gasteiger partial charge in [0.2, 0.25) is 0 Å². The minimum atomic E-state index is -4.51. The molecule has 0 aromatic heterocycles. The molecule has 0 radical (unpaired) electrons.